The minimum Gasteiger partial charge on any atom is -0.390 e. The fourth-order valence-corrected chi connectivity index (χ4v) is 8.75. The van der Waals surface area contributed by atoms with E-state index in [0.29, 0.717) is 61.0 Å². The zero-order chi connectivity index (χ0) is 36.7. The molecule has 4 heterocycles. The summed E-state index contributed by atoms with van der Waals surface area (Å²) in [5.41, 5.74) is 2.94. The van der Waals surface area contributed by atoms with Crippen LogP contribution in [0.4, 0.5) is 33.2 Å². The second-order valence-corrected chi connectivity index (χ2v) is 17.2. The Balaban J connectivity index is 1.23. The van der Waals surface area contributed by atoms with E-state index < -0.39 is 27.7 Å². The van der Waals surface area contributed by atoms with Gasteiger partial charge in [-0.25, -0.2) is 27.8 Å². The number of hydrogen-bond acceptors (Lipinski definition) is 11. The van der Waals surface area contributed by atoms with E-state index in [0.717, 1.165) is 29.5 Å². The fraction of sp³-hybridized carbons (Fsp3) is 0.568. The van der Waals surface area contributed by atoms with E-state index in [1.165, 1.54) is 12.3 Å². The Bertz CT molecular complexity index is 1880. The summed E-state index contributed by atoms with van der Waals surface area (Å²) >= 11 is 0. The molecule has 0 spiro atoms. The van der Waals surface area contributed by atoms with Gasteiger partial charge in [0.15, 0.2) is 0 Å². The highest BCUT2D eigenvalue weighted by atomic mass is 32.2. The van der Waals surface area contributed by atoms with Gasteiger partial charge in [0.05, 0.1) is 41.3 Å². The Morgan fingerprint density at radius 2 is 1.96 bits per heavy atom. The number of carbonyl (C=O) groups excluding carboxylic acids is 1. The number of nitrogens with one attached hydrogen (secondary N) is 2. The van der Waals surface area contributed by atoms with E-state index in [1.54, 1.807) is 18.5 Å². The van der Waals surface area contributed by atoms with Crippen LogP contribution in [0.1, 0.15) is 71.3 Å². The Morgan fingerprint density at radius 1 is 1.22 bits per heavy atom. The Labute approximate surface area is 299 Å². The van der Waals surface area contributed by atoms with Gasteiger partial charge in [-0.05, 0) is 70.1 Å². The number of benzene rings is 1. The number of halogens is 1. The minimum absolute atomic E-state index is 0.0164. The smallest absolute Gasteiger partial charge is 0.247 e. The molecule has 2 saturated heterocycles. The molecule has 1 aromatic carbocycles. The van der Waals surface area contributed by atoms with Crippen LogP contribution < -0.4 is 20.4 Å². The van der Waals surface area contributed by atoms with Gasteiger partial charge >= 0.3 is 0 Å². The third kappa shape index (κ3) is 8.44. The highest BCUT2D eigenvalue weighted by Crippen LogP contribution is 2.42. The van der Waals surface area contributed by atoms with Gasteiger partial charge in [-0.15, -0.1) is 0 Å². The average molecular weight is 724 g/mol. The Hall–Kier alpha value is -3.88. The number of pyridine rings is 1. The topological polar surface area (TPSA) is 150 Å². The number of fused-ring (bicyclic) bond motifs is 1. The molecule has 3 N–H and O–H groups in total. The van der Waals surface area contributed by atoms with Crippen molar-refractivity contribution in [2.24, 2.45) is 5.92 Å². The molecule has 276 valence electrons. The number of sulfone groups is 1. The van der Waals surface area contributed by atoms with Crippen LogP contribution in [0, 0.1) is 5.92 Å². The molecule has 1 amide bonds. The largest absolute Gasteiger partial charge is 0.390 e. The monoisotopic (exact) mass is 723 g/mol. The molecule has 1 aliphatic carbocycles. The van der Waals surface area contributed by atoms with Crippen molar-refractivity contribution in [1.29, 1.82) is 0 Å². The number of aliphatic hydroxyl groups is 1. The van der Waals surface area contributed by atoms with Crippen LogP contribution in [-0.4, -0.2) is 96.0 Å². The van der Waals surface area contributed by atoms with Gasteiger partial charge in [0, 0.05) is 72.1 Å². The molecule has 1 saturated carbocycles. The first kappa shape index (κ1) is 36.9. The summed E-state index contributed by atoms with van der Waals surface area (Å²) in [7, 11) is -3.14. The third-order valence-electron chi connectivity index (χ3n) is 10.5. The zero-order valence-electron chi connectivity index (χ0n) is 30.1. The summed E-state index contributed by atoms with van der Waals surface area (Å²) in [6.45, 7) is 12.8. The van der Waals surface area contributed by atoms with Crippen LogP contribution in [0.5, 0.6) is 0 Å². The molecule has 4 atom stereocenters. The van der Waals surface area contributed by atoms with Gasteiger partial charge in [0.2, 0.25) is 11.9 Å². The van der Waals surface area contributed by atoms with Crippen LogP contribution >= 0.6 is 0 Å². The number of aromatic nitrogens is 3. The minimum atomic E-state index is -3.14. The van der Waals surface area contributed by atoms with Crippen LogP contribution in [-0.2, 0) is 19.4 Å². The lowest BCUT2D eigenvalue weighted by Gasteiger charge is -2.48. The number of ether oxygens (including phenoxy) is 1. The highest BCUT2D eigenvalue weighted by molar-refractivity contribution is 7.90. The van der Waals surface area contributed by atoms with Gasteiger partial charge < -0.3 is 30.3 Å². The molecule has 3 aliphatic rings. The predicted molar refractivity (Wildman–Crippen MR) is 199 cm³/mol. The molecule has 51 heavy (non-hydrogen) atoms. The molecular weight excluding hydrogens is 674 g/mol. The molecule has 12 nitrogen and oxygen atoms in total. The summed E-state index contributed by atoms with van der Waals surface area (Å²) in [6, 6.07) is 5.53. The van der Waals surface area contributed by atoms with Gasteiger partial charge in [0.1, 0.15) is 21.8 Å². The predicted octanol–water partition coefficient (Wildman–Crippen LogP) is 5.51. The maximum absolute atomic E-state index is 15.4. The number of rotatable bonds is 11. The van der Waals surface area contributed by atoms with E-state index in [1.807, 2.05) is 44.7 Å². The maximum Gasteiger partial charge on any atom is 0.247 e. The lowest BCUT2D eigenvalue weighted by atomic mass is 9.85. The standard InChI is InChI=1S/C37H50FN7O5S/c1-7-33(46)42-29-17-30(45-19-24(23(45)4)21-51(6,48)49)27-18-40-36(43-35(27)34(29)22(2)3)41-25-10-14-39-32(16-25)44-15-11-31(28(38)20-44)50-26-8-12-37(5,47)13-9-26/h7,10,14,16-18,22-24,26,28,31,47H,1,8-9,11-13,15,19-21H2,2-6H3,(H,42,46)(H,39,40,41,43)/t23-,24-,26?,28+,31-,37?/m1/s1. The molecule has 3 aromatic rings. The summed E-state index contributed by atoms with van der Waals surface area (Å²) in [4.78, 5) is 30.8. The van der Waals surface area contributed by atoms with Crippen molar-refractivity contribution in [2.45, 2.75) is 95.7 Å². The summed E-state index contributed by atoms with van der Waals surface area (Å²) < 4.78 is 45.7. The van der Waals surface area contributed by atoms with Gasteiger partial charge in [-0.2, -0.15) is 0 Å². The number of carbonyl (C=O) groups is 1. The molecule has 2 aromatic heterocycles. The van der Waals surface area contributed by atoms with Gasteiger partial charge in [-0.1, -0.05) is 20.4 Å². The van der Waals surface area contributed by atoms with Crippen molar-refractivity contribution in [3.8, 4) is 0 Å². The number of nitrogens with zero attached hydrogens (tertiary/aromatic N) is 5. The fourth-order valence-electron chi connectivity index (χ4n) is 7.59. The van der Waals surface area contributed by atoms with Crippen LogP contribution in [0.2, 0.25) is 0 Å². The number of anilines is 5. The van der Waals surface area contributed by atoms with E-state index in [9.17, 15) is 18.3 Å². The van der Waals surface area contributed by atoms with Crippen LogP contribution in [0.25, 0.3) is 10.9 Å². The van der Waals surface area contributed by atoms with Crippen LogP contribution in [0.3, 0.4) is 0 Å². The second-order valence-electron chi connectivity index (χ2n) is 15.1. The van der Waals surface area contributed by atoms with Crippen LogP contribution in [0.15, 0.2) is 43.2 Å². The Morgan fingerprint density at radius 3 is 2.61 bits per heavy atom. The SMILES string of the molecule is C=CC(=O)Nc1cc(N2C[C@H](CS(C)(=O)=O)[C@H]2C)c2cnc(Nc3ccnc(N4CC[C@@H](OC5CCC(C)(O)CC5)[C@@H](F)C4)c3)nc2c1C(C)C. The highest BCUT2D eigenvalue weighted by Gasteiger charge is 2.39. The summed E-state index contributed by atoms with van der Waals surface area (Å²) in [6.07, 6.45) is 7.57. The molecule has 0 bridgehead atoms. The zero-order valence-corrected chi connectivity index (χ0v) is 30.9. The molecule has 6 rings (SSSR count). The summed E-state index contributed by atoms with van der Waals surface area (Å²) in [5, 5.41) is 17.3. The number of alkyl halides is 1. The molecule has 14 heteroatoms. The Kier molecular flexibility index (Phi) is 10.6. The first-order valence-electron chi connectivity index (χ1n) is 17.8. The van der Waals surface area contributed by atoms with Crippen molar-refractivity contribution < 1.29 is 27.4 Å². The lowest BCUT2D eigenvalue weighted by molar-refractivity contribution is -0.111. The van der Waals surface area contributed by atoms with Gasteiger partial charge in [-0.3, -0.25) is 4.79 Å². The molecular formula is C37H50FN7O5S. The average Bonchev–Trinajstić information content (AvgIpc) is 3.07. The second kappa shape index (κ2) is 14.6. The van der Waals surface area contributed by atoms with E-state index >= 15 is 4.39 Å². The number of amides is 1. The third-order valence-corrected chi connectivity index (χ3v) is 11.6. The normalized spacial score (nSPS) is 26.9. The first-order chi connectivity index (χ1) is 24.1. The van der Waals surface area contributed by atoms with Gasteiger partial charge in [0.25, 0.3) is 0 Å². The number of hydrogen-bond donors (Lipinski definition) is 3. The van der Waals surface area contributed by atoms with E-state index in [2.05, 4.69) is 32.1 Å². The van der Waals surface area contributed by atoms with E-state index in [-0.39, 0.29) is 42.2 Å². The maximum atomic E-state index is 15.4. The van der Waals surface area contributed by atoms with Crippen molar-refractivity contribution in [3.05, 3.63) is 48.8 Å². The summed E-state index contributed by atoms with van der Waals surface area (Å²) in [5.74, 6) is 0.695. The molecule has 0 unspecified atom stereocenters. The van der Waals surface area contributed by atoms with E-state index in [4.69, 9.17) is 9.72 Å². The quantitative estimate of drug-likeness (QED) is 0.215. The lowest BCUT2D eigenvalue weighted by Crippen LogP contribution is -2.57. The molecule has 2 aliphatic heterocycles. The van der Waals surface area contributed by atoms with Crippen molar-refractivity contribution in [1.82, 2.24) is 15.0 Å². The van der Waals surface area contributed by atoms with Crippen molar-refractivity contribution in [2.75, 3.05) is 52.1 Å². The molecule has 3 fully saturated rings. The molecule has 0 radical (unpaired) electrons. The number of piperidine rings is 1. The van der Waals surface area contributed by atoms with Crippen molar-refractivity contribution >= 4 is 55.5 Å². The van der Waals surface area contributed by atoms with Crippen molar-refractivity contribution in [3.63, 3.8) is 0 Å². The first-order valence-corrected chi connectivity index (χ1v) is 19.9.